The van der Waals surface area contributed by atoms with E-state index >= 15 is 0 Å². The molecule has 0 spiro atoms. The first-order valence-corrected chi connectivity index (χ1v) is 69.2. The molecule has 732 valence electrons. The molecular formula is C116H114Cl6N6Ni3S6Si4. The molecule has 3 aromatic heterocycles. The molecule has 0 aliphatic carbocycles. The van der Waals surface area contributed by atoms with Crippen molar-refractivity contribution in [3.63, 3.8) is 0 Å². The molecule has 0 radical (unpaired) electrons. The van der Waals surface area contributed by atoms with E-state index in [0.717, 1.165) is 84.4 Å². The van der Waals surface area contributed by atoms with Crippen LogP contribution in [0.1, 0.15) is 83.1 Å². The number of fused-ring (bicyclic) bond motifs is 3. The molecule has 15 aromatic carbocycles. The van der Waals surface area contributed by atoms with Gasteiger partial charge < -0.3 is 0 Å². The third-order valence-corrected chi connectivity index (χ3v) is 56.6. The van der Waals surface area contributed by atoms with Crippen LogP contribution in [0.15, 0.2) is 430 Å². The Hall–Kier alpha value is -8.27. The van der Waals surface area contributed by atoms with Crippen LogP contribution < -0.4 is 69.5 Å². The molecule has 141 heavy (non-hydrogen) atoms. The van der Waals surface area contributed by atoms with Gasteiger partial charge >= 0.3 is 99.1 Å². The summed E-state index contributed by atoms with van der Waals surface area (Å²) in [5.41, 5.74) is 14.3. The zero-order valence-electron chi connectivity index (χ0n) is 80.9. The summed E-state index contributed by atoms with van der Waals surface area (Å²) in [6.07, 6.45) is 0. The predicted molar refractivity (Wildman–Crippen MR) is 623 cm³/mol. The standard InChI is InChI=1S/C46H38N2S2Si2.C38H54N2S2Si2.C32H22N2S2.6ClH.3Ni/c1-51(35-21-7-3-8-22-35,36-23-9-4-10-24-36)43-33-19-15-29-39(43)47-45-46(50-42-32-18-17-31-41(42)49-45)48-40-30-16-20-34-44(40)52(2,37-25-11-5-12-26-37)38-27-13-6-14-28-38;1-25(2)43(26(3)4,27(5)6)35-23-17-13-19-31(35)39-37-38(42-34-22-16-15-21-33(34)41-37)40-32-20-14-18-24-36(32)44(28(7)8,29(9)10)30(11)12;1-3-13-23(14-4-1)25-17-7-9-19-27(25)33-31-32(36-30-22-12-11-21-29(30)35-31)34-28-20-10-8-18-26(28)24-15-5-2-6-16-24;;;;;;;;;/h3-34H,1-2H3;13-30H,1-12H3;1-22H;6*1H;;;/q;;;;;;;;;3*+2/p-6. The van der Waals surface area contributed by atoms with Gasteiger partial charge in [-0.15, -0.1) is 68.0 Å². The second kappa shape index (κ2) is 53.7. The van der Waals surface area contributed by atoms with Gasteiger partial charge in [-0.3, -0.25) is 0 Å². The first-order chi connectivity index (χ1) is 68.4. The summed E-state index contributed by atoms with van der Waals surface area (Å²) in [7, 11) is 19.5. The van der Waals surface area contributed by atoms with E-state index in [1.165, 1.54) is 69.7 Å². The molecule has 0 bridgehead atoms. The molecule has 18 rings (SSSR count). The van der Waals surface area contributed by atoms with Crippen LogP contribution >= 0.6 is 129 Å². The van der Waals surface area contributed by atoms with E-state index in [2.05, 4.69) is 472 Å². The zero-order valence-corrected chi connectivity index (χ0v) is 97.3. The molecule has 3 heterocycles. The van der Waals surface area contributed by atoms with Crippen LogP contribution in [0.25, 0.3) is 50.5 Å². The van der Waals surface area contributed by atoms with Crippen LogP contribution in [0.2, 0.25) is 46.3 Å². The Morgan fingerprint density at radius 2 is 0.348 bits per heavy atom. The SMILES string of the molecule is CC(C)[Si](c1ccccc1N=c1sc2ccccc2sc1=Nc1ccccc1[Si](C(C)C)(C(C)C)C(C)C)(C(C)C)C(C)C.C[Si](c1ccccc1)(c1ccccc1)c1ccccc1N=c1sc2ccccc2sc1=Nc1ccccc1[Si](C)(c1ccccc1)c1ccccc1.[Cl][Ni][Cl].[Cl][Ni][Cl].[Cl][Ni][Cl].c1ccc(-c2ccccc2N=c2sc3ccccc3sc2=Nc2ccccc2-c2ccccc2)cc1. The van der Waals surface area contributed by atoms with Crippen molar-refractivity contribution in [3.05, 3.63) is 428 Å². The summed E-state index contributed by atoms with van der Waals surface area (Å²) in [4.78, 5) is 32.7. The maximum atomic E-state index is 5.59. The number of hydrogen-bond acceptors (Lipinski definition) is 12. The van der Waals surface area contributed by atoms with Gasteiger partial charge in [0.2, 0.25) is 0 Å². The number of benzene rings is 15. The monoisotopic (exact) mass is 2280 g/mol. The van der Waals surface area contributed by atoms with Crippen LogP contribution in [0, 0.1) is 0 Å². The van der Waals surface area contributed by atoms with Gasteiger partial charge in [0.15, 0.2) is 28.0 Å². The van der Waals surface area contributed by atoms with Crippen molar-refractivity contribution in [1.29, 1.82) is 0 Å². The van der Waals surface area contributed by atoms with Crippen molar-refractivity contribution in [1.82, 2.24) is 0 Å². The van der Waals surface area contributed by atoms with Crippen LogP contribution in [0.4, 0.5) is 34.1 Å². The van der Waals surface area contributed by atoms with Gasteiger partial charge in [-0.05, 0) is 159 Å². The Morgan fingerprint density at radius 3 is 0.560 bits per heavy atom. The van der Waals surface area contributed by atoms with Crippen molar-refractivity contribution in [2.75, 3.05) is 0 Å². The largest absolute Gasteiger partial charge is 0.234 e. The summed E-state index contributed by atoms with van der Waals surface area (Å²) < 4.78 is 13.0. The second-order valence-corrected chi connectivity index (χ2v) is 66.6. The fourth-order valence-corrected chi connectivity index (χ4v) is 47.9. The first kappa shape index (κ1) is 110. The van der Waals surface area contributed by atoms with Crippen molar-refractivity contribution in [2.24, 2.45) is 30.0 Å². The van der Waals surface area contributed by atoms with Crippen LogP contribution in [0.3, 0.4) is 0 Å². The van der Waals surface area contributed by atoms with Gasteiger partial charge in [-0.1, -0.05) is 424 Å². The van der Waals surface area contributed by atoms with E-state index in [4.69, 9.17) is 91.1 Å². The van der Waals surface area contributed by atoms with Gasteiger partial charge in [0.1, 0.15) is 16.1 Å². The molecule has 0 saturated carbocycles. The smallest absolute Gasteiger partial charge is 0.153 e. The molecular weight excluding hydrogens is 2170 g/mol. The predicted octanol–water partition coefficient (Wildman–Crippen LogP) is 31.7. The maximum absolute atomic E-state index is 5.59. The number of hydrogen-bond donors (Lipinski definition) is 0. The summed E-state index contributed by atoms with van der Waals surface area (Å²) in [6.45, 7) is 34.2. The Morgan fingerprint density at radius 1 is 0.191 bits per heavy atom. The minimum atomic E-state index is -2.44. The van der Waals surface area contributed by atoms with Gasteiger partial charge in [-0.2, -0.15) is 0 Å². The van der Waals surface area contributed by atoms with Crippen LogP contribution in [-0.2, 0) is 38.0 Å². The third-order valence-electron chi connectivity index (χ3n) is 26.4. The van der Waals surface area contributed by atoms with Gasteiger partial charge in [-0.25, -0.2) is 30.0 Å². The number of halogens is 6. The summed E-state index contributed by atoms with van der Waals surface area (Å²) in [5, 5.41) is 11.0. The van der Waals surface area contributed by atoms with E-state index in [1.54, 1.807) is 68.0 Å². The van der Waals surface area contributed by atoms with E-state index in [1.807, 2.05) is 24.3 Å². The topological polar surface area (TPSA) is 74.2 Å². The fourth-order valence-electron chi connectivity index (χ4n) is 20.5. The average molecular weight is 2290 g/mol. The third kappa shape index (κ3) is 26.2. The second-order valence-electron chi connectivity index (χ2n) is 35.9. The Kier molecular flexibility index (Phi) is 41.9. The molecule has 0 aliphatic rings. The molecule has 25 heteroatoms. The molecule has 18 aromatic rings. The Bertz CT molecular complexity index is 7040. The van der Waals surface area contributed by atoms with Crippen molar-refractivity contribution < 1.29 is 38.0 Å². The Balaban J connectivity index is 0.000000173. The van der Waals surface area contributed by atoms with Gasteiger partial charge in [0, 0.05) is 39.3 Å². The zero-order chi connectivity index (χ0) is 100. The number of para-hydroxylation sites is 6. The first-order valence-electron chi connectivity index (χ1n) is 46.7. The number of rotatable bonds is 22. The number of nitrogens with zero attached hydrogens (tertiary/aromatic N) is 6. The minimum Gasteiger partial charge on any atom is -0.234 e. The minimum absolute atomic E-state index is 0.569. The summed E-state index contributed by atoms with van der Waals surface area (Å²) in [5.74, 6) is 0. The van der Waals surface area contributed by atoms with E-state index < -0.39 is 32.3 Å². The van der Waals surface area contributed by atoms with E-state index in [-0.39, 0.29) is 0 Å². The molecule has 6 nitrogen and oxygen atoms in total. The molecule has 0 fully saturated rings. The molecule has 0 saturated heterocycles. The quantitative estimate of drug-likeness (QED) is 0.0479. The maximum Gasteiger partial charge on any atom is 0.153 e. The van der Waals surface area contributed by atoms with E-state index in [9.17, 15) is 0 Å². The summed E-state index contributed by atoms with van der Waals surface area (Å²) >= 11 is 12.1. The normalized spacial score (nSPS) is 12.6. The Labute approximate surface area is 903 Å². The van der Waals surface area contributed by atoms with Crippen molar-refractivity contribution in [2.45, 2.75) is 129 Å². The molecule has 0 atom stereocenters. The summed E-state index contributed by atoms with van der Waals surface area (Å²) in [6, 6.07) is 143. The average Bonchev–Trinajstić information content (AvgIpc) is 0.758. The molecule has 0 N–H and O–H groups in total. The van der Waals surface area contributed by atoms with Crippen molar-refractivity contribution in [3.8, 4) is 22.3 Å². The van der Waals surface area contributed by atoms with E-state index in [0.29, 0.717) is 71.2 Å². The molecule has 0 amide bonds. The fraction of sp³-hybridized carbons (Fsp3) is 0.172. The van der Waals surface area contributed by atoms with Crippen LogP contribution in [-0.4, -0.2) is 32.3 Å². The van der Waals surface area contributed by atoms with Crippen molar-refractivity contribution >= 4 is 265 Å². The van der Waals surface area contributed by atoms with Gasteiger partial charge in [0.25, 0.3) is 0 Å². The molecule has 0 aliphatic heterocycles. The van der Waals surface area contributed by atoms with Gasteiger partial charge in [0.05, 0.1) is 50.3 Å². The van der Waals surface area contributed by atoms with Crippen LogP contribution in [0.5, 0.6) is 0 Å². The molecule has 0 unspecified atom stereocenters.